The minimum Gasteiger partial charge on any atom is -0.298 e. The smallest absolute Gasteiger partial charge is 0.0769 e. The van der Waals surface area contributed by atoms with Crippen molar-refractivity contribution in [1.29, 1.82) is 0 Å². The molecule has 0 saturated heterocycles. The SMILES string of the molecule is Cc1ccc([C@H](C)NC(c2cccs2)c2cccs2)cc1. The van der Waals surface area contributed by atoms with E-state index in [0.717, 1.165) is 0 Å². The molecule has 108 valence electrons. The van der Waals surface area contributed by atoms with Gasteiger partial charge in [0.25, 0.3) is 0 Å². The number of hydrogen-bond acceptors (Lipinski definition) is 3. The van der Waals surface area contributed by atoms with Gasteiger partial charge in [-0.25, -0.2) is 0 Å². The molecule has 0 aliphatic heterocycles. The van der Waals surface area contributed by atoms with Gasteiger partial charge in [-0.15, -0.1) is 22.7 Å². The van der Waals surface area contributed by atoms with Gasteiger partial charge in [-0.3, -0.25) is 5.32 Å². The molecule has 0 radical (unpaired) electrons. The van der Waals surface area contributed by atoms with Crippen LogP contribution >= 0.6 is 22.7 Å². The average Bonchev–Trinajstić information content (AvgIpc) is 3.19. The topological polar surface area (TPSA) is 12.0 Å². The van der Waals surface area contributed by atoms with E-state index in [0.29, 0.717) is 6.04 Å². The van der Waals surface area contributed by atoms with Gasteiger partial charge in [0.1, 0.15) is 0 Å². The van der Waals surface area contributed by atoms with Gasteiger partial charge in [-0.2, -0.15) is 0 Å². The zero-order chi connectivity index (χ0) is 14.7. The van der Waals surface area contributed by atoms with Crippen LogP contribution in [0.2, 0.25) is 0 Å². The van der Waals surface area contributed by atoms with Crippen molar-refractivity contribution >= 4 is 22.7 Å². The van der Waals surface area contributed by atoms with Gasteiger partial charge in [0, 0.05) is 15.8 Å². The number of nitrogens with one attached hydrogen (secondary N) is 1. The third-order valence-corrected chi connectivity index (χ3v) is 5.52. The molecule has 0 amide bonds. The van der Waals surface area contributed by atoms with Crippen LogP contribution in [0, 0.1) is 6.92 Å². The van der Waals surface area contributed by atoms with Gasteiger partial charge in [-0.1, -0.05) is 42.0 Å². The Morgan fingerprint density at radius 2 is 1.43 bits per heavy atom. The molecule has 0 bridgehead atoms. The number of aryl methyl sites for hydroxylation is 1. The van der Waals surface area contributed by atoms with Crippen molar-refractivity contribution in [2.24, 2.45) is 0 Å². The molecule has 3 rings (SSSR count). The summed E-state index contributed by atoms with van der Waals surface area (Å²) in [6, 6.07) is 18.1. The Morgan fingerprint density at radius 3 is 1.90 bits per heavy atom. The first kappa shape index (κ1) is 14.5. The Bertz CT molecular complexity index is 620. The van der Waals surface area contributed by atoms with E-state index in [1.54, 1.807) is 0 Å². The zero-order valence-electron chi connectivity index (χ0n) is 12.2. The van der Waals surface area contributed by atoms with E-state index in [-0.39, 0.29) is 6.04 Å². The lowest BCUT2D eigenvalue weighted by molar-refractivity contribution is 0.526. The Kier molecular flexibility index (Phi) is 4.54. The second-order valence-electron chi connectivity index (χ2n) is 5.26. The largest absolute Gasteiger partial charge is 0.298 e. The highest BCUT2D eigenvalue weighted by Crippen LogP contribution is 2.31. The molecule has 0 saturated carbocycles. The van der Waals surface area contributed by atoms with Gasteiger partial charge in [0.15, 0.2) is 0 Å². The third-order valence-electron chi connectivity index (χ3n) is 3.65. The Labute approximate surface area is 134 Å². The Morgan fingerprint density at radius 1 is 0.857 bits per heavy atom. The van der Waals surface area contributed by atoms with Crippen LogP contribution in [0.25, 0.3) is 0 Å². The van der Waals surface area contributed by atoms with Gasteiger partial charge in [0.2, 0.25) is 0 Å². The van der Waals surface area contributed by atoms with Crippen LogP contribution in [0.4, 0.5) is 0 Å². The van der Waals surface area contributed by atoms with E-state index in [1.165, 1.54) is 20.9 Å². The molecule has 1 nitrogen and oxygen atoms in total. The van der Waals surface area contributed by atoms with Crippen LogP contribution < -0.4 is 5.32 Å². The second-order valence-corrected chi connectivity index (χ2v) is 7.22. The maximum atomic E-state index is 3.78. The third kappa shape index (κ3) is 3.43. The van der Waals surface area contributed by atoms with Gasteiger partial charge in [0.05, 0.1) is 6.04 Å². The second kappa shape index (κ2) is 6.56. The molecule has 0 aliphatic carbocycles. The van der Waals surface area contributed by atoms with Crippen LogP contribution in [0.3, 0.4) is 0 Å². The molecular weight excluding hydrogens is 294 g/mol. The first-order valence-corrected chi connectivity index (χ1v) is 8.89. The summed E-state index contributed by atoms with van der Waals surface area (Å²) in [6.45, 7) is 4.36. The molecule has 0 aliphatic rings. The van der Waals surface area contributed by atoms with E-state index >= 15 is 0 Å². The number of rotatable bonds is 5. The van der Waals surface area contributed by atoms with E-state index in [9.17, 15) is 0 Å². The molecule has 3 heteroatoms. The van der Waals surface area contributed by atoms with E-state index in [4.69, 9.17) is 0 Å². The Hall–Kier alpha value is -1.42. The fourth-order valence-corrected chi connectivity index (χ4v) is 4.10. The minimum atomic E-state index is 0.279. The van der Waals surface area contributed by atoms with Gasteiger partial charge >= 0.3 is 0 Å². The van der Waals surface area contributed by atoms with E-state index < -0.39 is 0 Å². The summed E-state index contributed by atoms with van der Waals surface area (Å²) >= 11 is 3.63. The number of hydrogen-bond donors (Lipinski definition) is 1. The lowest BCUT2D eigenvalue weighted by Crippen LogP contribution is -2.24. The van der Waals surface area contributed by atoms with Crippen LogP contribution in [-0.4, -0.2) is 0 Å². The molecule has 3 aromatic rings. The average molecular weight is 313 g/mol. The van der Waals surface area contributed by atoms with Crippen molar-refractivity contribution in [3.8, 4) is 0 Å². The molecule has 1 N–H and O–H groups in total. The van der Waals surface area contributed by atoms with Crippen molar-refractivity contribution in [2.45, 2.75) is 25.9 Å². The minimum absolute atomic E-state index is 0.279. The molecule has 0 fully saturated rings. The maximum Gasteiger partial charge on any atom is 0.0769 e. The zero-order valence-corrected chi connectivity index (χ0v) is 13.9. The van der Waals surface area contributed by atoms with E-state index in [2.05, 4.69) is 78.5 Å². The van der Waals surface area contributed by atoms with Crippen molar-refractivity contribution in [3.63, 3.8) is 0 Å². The monoisotopic (exact) mass is 313 g/mol. The summed E-state index contributed by atoms with van der Waals surface area (Å²) in [5, 5.41) is 8.07. The lowest BCUT2D eigenvalue weighted by atomic mass is 10.0. The molecule has 1 atom stereocenters. The molecule has 0 spiro atoms. The van der Waals surface area contributed by atoms with Crippen LogP contribution in [0.1, 0.15) is 39.9 Å². The maximum absolute atomic E-state index is 3.78. The summed E-state index contributed by atoms with van der Waals surface area (Å²) in [5.41, 5.74) is 2.64. The van der Waals surface area contributed by atoms with Gasteiger partial charge < -0.3 is 0 Å². The standard InChI is InChI=1S/C18H19NS2/c1-13-7-9-15(10-8-13)14(2)19-18(16-5-3-11-20-16)17-6-4-12-21-17/h3-12,14,18-19H,1-2H3/t14-/m0/s1. The van der Waals surface area contributed by atoms with Crippen molar-refractivity contribution in [3.05, 3.63) is 80.2 Å². The summed E-state index contributed by atoms with van der Waals surface area (Å²) in [4.78, 5) is 2.74. The molecule has 2 aromatic heterocycles. The summed E-state index contributed by atoms with van der Waals surface area (Å²) in [6.07, 6.45) is 0. The molecular formula is C18H19NS2. The van der Waals surface area contributed by atoms with Crippen molar-refractivity contribution in [2.75, 3.05) is 0 Å². The van der Waals surface area contributed by atoms with Crippen molar-refractivity contribution < 1.29 is 0 Å². The highest BCUT2D eigenvalue weighted by Gasteiger charge is 2.19. The van der Waals surface area contributed by atoms with Gasteiger partial charge in [-0.05, 0) is 42.3 Å². The Balaban J connectivity index is 1.83. The molecule has 21 heavy (non-hydrogen) atoms. The molecule has 2 heterocycles. The van der Waals surface area contributed by atoms with Crippen LogP contribution in [0.5, 0.6) is 0 Å². The predicted molar refractivity (Wildman–Crippen MR) is 93.2 cm³/mol. The fraction of sp³-hybridized carbons (Fsp3) is 0.222. The molecule has 1 aromatic carbocycles. The van der Waals surface area contributed by atoms with E-state index in [1.807, 2.05) is 22.7 Å². The quantitative estimate of drug-likeness (QED) is 0.650. The highest BCUT2D eigenvalue weighted by molar-refractivity contribution is 7.11. The van der Waals surface area contributed by atoms with Crippen LogP contribution in [-0.2, 0) is 0 Å². The molecule has 0 unspecified atom stereocenters. The summed E-state index contributed by atoms with van der Waals surface area (Å²) in [7, 11) is 0. The summed E-state index contributed by atoms with van der Waals surface area (Å²) < 4.78 is 0. The fourth-order valence-electron chi connectivity index (χ4n) is 2.42. The van der Waals surface area contributed by atoms with Crippen LogP contribution in [0.15, 0.2) is 59.3 Å². The highest BCUT2D eigenvalue weighted by atomic mass is 32.1. The summed E-state index contributed by atoms with van der Waals surface area (Å²) in [5.74, 6) is 0. The number of benzene rings is 1. The lowest BCUT2D eigenvalue weighted by Gasteiger charge is -2.22. The first-order chi connectivity index (χ1) is 10.2. The normalized spacial score (nSPS) is 12.7. The number of thiophene rings is 2. The predicted octanol–water partition coefficient (Wildman–Crippen LogP) is 5.56. The van der Waals surface area contributed by atoms with Crippen molar-refractivity contribution in [1.82, 2.24) is 5.32 Å². The first-order valence-electron chi connectivity index (χ1n) is 7.13.